The summed E-state index contributed by atoms with van der Waals surface area (Å²) in [5.74, 6) is 1.18. The smallest absolute Gasteiger partial charge is 0.134 e. The molecule has 5 heteroatoms. The van der Waals surface area contributed by atoms with Gasteiger partial charge in [-0.1, -0.05) is 13.8 Å². The first-order valence-electron chi connectivity index (χ1n) is 5.94. The molecule has 0 aliphatic carbocycles. The van der Waals surface area contributed by atoms with E-state index in [1.54, 1.807) is 6.20 Å². The zero-order chi connectivity index (χ0) is 12.5. The van der Waals surface area contributed by atoms with Crippen LogP contribution in [0.25, 0.3) is 0 Å². The standard InChI is InChI=1S/C12H19BrN4/c1-12(2)5-8(9(6-14)16-7-12)11-15-4-3-10(13)17-11/h3-4,8-9,16H,5-7,14H2,1-2H3. The maximum Gasteiger partial charge on any atom is 0.134 e. The monoisotopic (exact) mass is 298 g/mol. The van der Waals surface area contributed by atoms with Crippen LogP contribution in [-0.2, 0) is 0 Å². The molecule has 1 aromatic rings. The maximum absolute atomic E-state index is 5.83. The van der Waals surface area contributed by atoms with Crippen LogP contribution in [0.1, 0.15) is 32.0 Å². The van der Waals surface area contributed by atoms with Gasteiger partial charge in [-0.2, -0.15) is 0 Å². The fourth-order valence-electron chi connectivity index (χ4n) is 2.41. The van der Waals surface area contributed by atoms with Gasteiger partial charge in [0.05, 0.1) is 0 Å². The van der Waals surface area contributed by atoms with Crippen molar-refractivity contribution in [1.82, 2.24) is 15.3 Å². The van der Waals surface area contributed by atoms with Gasteiger partial charge in [0.2, 0.25) is 0 Å². The molecule has 0 aromatic carbocycles. The van der Waals surface area contributed by atoms with Gasteiger partial charge in [-0.05, 0) is 33.8 Å². The summed E-state index contributed by atoms with van der Waals surface area (Å²) in [5.41, 5.74) is 6.09. The molecule has 94 valence electrons. The molecule has 3 N–H and O–H groups in total. The van der Waals surface area contributed by atoms with E-state index in [4.69, 9.17) is 5.73 Å². The average molecular weight is 299 g/mol. The van der Waals surface area contributed by atoms with E-state index >= 15 is 0 Å². The number of nitrogens with two attached hydrogens (primary N) is 1. The Bertz CT molecular complexity index is 394. The van der Waals surface area contributed by atoms with E-state index in [0.29, 0.717) is 12.5 Å². The minimum absolute atomic E-state index is 0.266. The van der Waals surface area contributed by atoms with Gasteiger partial charge in [-0.25, -0.2) is 9.97 Å². The quantitative estimate of drug-likeness (QED) is 0.815. The van der Waals surface area contributed by atoms with Crippen LogP contribution < -0.4 is 11.1 Å². The molecule has 0 radical (unpaired) electrons. The number of hydrogen-bond donors (Lipinski definition) is 2. The third-order valence-corrected chi connectivity index (χ3v) is 3.77. The van der Waals surface area contributed by atoms with Crippen LogP contribution in [0.4, 0.5) is 0 Å². The molecular formula is C12H19BrN4. The Balaban J connectivity index is 2.26. The van der Waals surface area contributed by atoms with Crippen molar-refractivity contribution in [3.63, 3.8) is 0 Å². The molecule has 0 spiro atoms. The molecule has 2 unspecified atom stereocenters. The van der Waals surface area contributed by atoms with Crippen molar-refractivity contribution in [2.45, 2.75) is 32.2 Å². The molecule has 2 heterocycles. The first kappa shape index (κ1) is 12.9. The largest absolute Gasteiger partial charge is 0.329 e. The number of rotatable bonds is 2. The van der Waals surface area contributed by atoms with Gasteiger partial charge in [0.15, 0.2) is 0 Å². The summed E-state index contributed by atoms with van der Waals surface area (Å²) in [4.78, 5) is 8.86. The van der Waals surface area contributed by atoms with Crippen molar-refractivity contribution in [2.24, 2.45) is 11.1 Å². The molecule has 1 fully saturated rings. The van der Waals surface area contributed by atoms with Crippen LogP contribution >= 0.6 is 15.9 Å². The lowest BCUT2D eigenvalue weighted by Crippen LogP contribution is -2.51. The van der Waals surface area contributed by atoms with E-state index in [-0.39, 0.29) is 11.5 Å². The Hall–Kier alpha value is -0.520. The zero-order valence-corrected chi connectivity index (χ0v) is 11.9. The van der Waals surface area contributed by atoms with E-state index in [9.17, 15) is 0 Å². The lowest BCUT2D eigenvalue weighted by molar-refractivity contribution is 0.191. The van der Waals surface area contributed by atoms with Gasteiger partial charge < -0.3 is 11.1 Å². The highest BCUT2D eigenvalue weighted by molar-refractivity contribution is 9.10. The molecule has 17 heavy (non-hydrogen) atoms. The van der Waals surface area contributed by atoms with Gasteiger partial charge >= 0.3 is 0 Å². The van der Waals surface area contributed by atoms with Crippen LogP contribution in [0.3, 0.4) is 0 Å². The first-order valence-corrected chi connectivity index (χ1v) is 6.73. The molecule has 0 saturated carbocycles. The van der Waals surface area contributed by atoms with Crippen molar-refractivity contribution < 1.29 is 0 Å². The second-order valence-corrected chi connectivity index (χ2v) is 6.25. The molecule has 1 aliphatic heterocycles. The SMILES string of the molecule is CC1(C)CNC(CN)C(c2nccc(Br)n2)C1. The molecule has 1 aliphatic rings. The molecule has 1 saturated heterocycles. The first-order chi connectivity index (χ1) is 8.02. The van der Waals surface area contributed by atoms with E-state index in [0.717, 1.165) is 23.4 Å². The average Bonchev–Trinajstić information content (AvgIpc) is 2.28. The van der Waals surface area contributed by atoms with Crippen molar-refractivity contribution in [1.29, 1.82) is 0 Å². The summed E-state index contributed by atoms with van der Waals surface area (Å²) in [6.07, 6.45) is 2.86. The summed E-state index contributed by atoms with van der Waals surface area (Å²) >= 11 is 3.40. The van der Waals surface area contributed by atoms with E-state index in [1.165, 1.54) is 0 Å². The number of nitrogens with zero attached hydrogens (tertiary/aromatic N) is 2. The predicted molar refractivity (Wildman–Crippen MR) is 71.7 cm³/mol. The highest BCUT2D eigenvalue weighted by atomic mass is 79.9. The Kier molecular flexibility index (Phi) is 3.80. The van der Waals surface area contributed by atoms with E-state index in [1.807, 2.05) is 6.07 Å². The Morgan fingerprint density at radius 1 is 1.59 bits per heavy atom. The minimum Gasteiger partial charge on any atom is -0.329 e. The summed E-state index contributed by atoms with van der Waals surface area (Å²) in [6.45, 7) is 6.14. The van der Waals surface area contributed by atoms with Crippen molar-refractivity contribution >= 4 is 15.9 Å². The van der Waals surface area contributed by atoms with Crippen molar-refractivity contribution in [3.05, 3.63) is 22.7 Å². The fourth-order valence-corrected chi connectivity index (χ4v) is 2.71. The van der Waals surface area contributed by atoms with Crippen molar-refractivity contribution in [2.75, 3.05) is 13.1 Å². The second kappa shape index (κ2) is 5.00. The molecule has 1 aromatic heterocycles. The van der Waals surface area contributed by atoms with Gasteiger partial charge in [0.1, 0.15) is 10.4 Å². The highest BCUT2D eigenvalue weighted by Crippen LogP contribution is 2.35. The van der Waals surface area contributed by atoms with Gasteiger partial charge in [-0.15, -0.1) is 0 Å². The summed E-state index contributed by atoms with van der Waals surface area (Å²) in [6, 6.07) is 2.12. The molecular weight excluding hydrogens is 280 g/mol. The molecule has 0 bridgehead atoms. The number of hydrogen-bond acceptors (Lipinski definition) is 4. The van der Waals surface area contributed by atoms with E-state index < -0.39 is 0 Å². The summed E-state index contributed by atoms with van der Waals surface area (Å²) in [7, 11) is 0. The number of nitrogens with one attached hydrogen (secondary N) is 1. The second-order valence-electron chi connectivity index (χ2n) is 5.44. The molecule has 2 atom stereocenters. The molecule has 2 rings (SSSR count). The molecule has 4 nitrogen and oxygen atoms in total. The number of piperidine rings is 1. The van der Waals surface area contributed by atoms with Crippen LogP contribution in [0.5, 0.6) is 0 Å². The Labute approximate surface area is 111 Å². The summed E-state index contributed by atoms with van der Waals surface area (Å²) in [5, 5.41) is 3.51. The van der Waals surface area contributed by atoms with Gasteiger partial charge in [0.25, 0.3) is 0 Å². The van der Waals surface area contributed by atoms with Crippen LogP contribution in [0.15, 0.2) is 16.9 Å². The third kappa shape index (κ3) is 3.03. The van der Waals surface area contributed by atoms with E-state index in [2.05, 4.69) is 45.1 Å². The lowest BCUT2D eigenvalue weighted by atomic mass is 9.75. The fraction of sp³-hybridized carbons (Fsp3) is 0.667. The maximum atomic E-state index is 5.83. The Morgan fingerprint density at radius 2 is 2.35 bits per heavy atom. The third-order valence-electron chi connectivity index (χ3n) is 3.33. The van der Waals surface area contributed by atoms with Crippen LogP contribution in [0.2, 0.25) is 0 Å². The zero-order valence-electron chi connectivity index (χ0n) is 10.3. The Morgan fingerprint density at radius 3 is 3.00 bits per heavy atom. The number of halogens is 1. The highest BCUT2D eigenvalue weighted by Gasteiger charge is 2.36. The number of aromatic nitrogens is 2. The topological polar surface area (TPSA) is 63.8 Å². The van der Waals surface area contributed by atoms with Gasteiger partial charge in [-0.3, -0.25) is 0 Å². The van der Waals surface area contributed by atoms with Gasteiger partial charge in [0, 0.05) is 31.2 Å². The van der Waals surface area contributed by atoms with Crippen molar-refractivity contribution in [3.8, 4) is 0 Å². The minimum atomic E-state index is 0.266. The summed E-state index contributed by atoms with van der Waals surface area (Å²) < 4.78 is 0.835. The predicted octanol–water partition coefficient (Wildman–Crippen LogP) is 1.67. The van der Waals surface area contributed by atoms with Crippen LogP contribution in [0, 0.1) is 5.41 Å². The normalized spacial score (nSPS) is 28.0. The molecule has 0 amide bonds. The lowest BCUT2D eigenvalue weighted by Gasteiger charge is -2.40. The van der Waals surface area contributed by atoms with Crippen LogP contribution in [-0.4, -0.2) is 29.1 Å².